The first-order valence-electron chi connectivity index (χ1n) is 6.34. The van der Waals surface area contributed by atoms with Crippen molar-refractivity contribution in [1.29, 1.82) is 0 Å². The minimum absolute atomic E-state index is 0.0995. The second kappa shape index (κ2) is 4.96. The molecular formula is C16H14INO. The van der Waals surface area contributed by atoms with Gasteiger partial charge in [0.1, 0.15) is 0 Å². The Bertz CT molecular complexity index is 638. The third-order valence-electron chi connectivity index (χ3n) is 3.53. The minimum Gasteiger partial charge on any atom is -0.305 e. The van der Waals surface area contributed by atoms with E-state index in [-0.39, 0.29) is 11.9 Å². The highest BCUT2D eigenvalue weighted by Gasteiger charge is 2.31. The highest BCUT2D eigenvalue weighted by atomic mass is 127. The molecule has 0 saturated carbocycles. The molecule has 0 N–H and O–H groups in total. The third kappa shape index (κ3) is 2.16. The van der Waals surface area contributed by atoms with E-state index in [4.69, 9.17) is 0 Å². The molecular weight excluding hydrogens is 349 g/mol. The third-order valence-corrected chi connectivity index (χ3v) is 4.47. The van der Waals surface area contributed by atoms with Gasteiger partial charge in [0.05, 0.1) is 5.56 Å². The van der Waals surface area contributed by atoms with Gasteiger partial charge in [-0.1, -0.05) is 30.3 Å². The van der Waals surface area contributed by atoms with Crippen LogP contribution in [0.4, 0.5) is 5.69 Å². The Morgan fingerprint density at radius 2 is 1.84 bits per heavy atom. The SMILES string of the molecule is C[C@H]1Cc2ccccc2N1C(=O)c1ccccc1I. The Morgan fingerprint density at radius 3 is 2.63 bits per heavy atom. The summed E-state index contributed by atoms with van der Waals surface area (Å²) in [4.78, 5) is 14.7. The lowest BCUT2D eigenvalue weighted by atomic mass is 10.1. The van der Waals surface area contributed by atoms with Crippen molar-refractivity contribution in [3.8, 4) is 0 Å². The molecule has 1 amide bonds. The van der Waals surface area contributed by atoms with Crippen LogP contribution >= 0.6 is 22.6 Å². The highest BCUT2D eigenvalue weighted by molar-refractivity contribution is 14.1. The molecule has 2 aromatic carbocycles. The van der Waals surface area contributed by atoms with E-state index in [1.54, 1.807) is 0 Å². The standard InChI is InChI=1S/C16H14INO/c1-11-10-12-6-2-5-9-15(12)18(11)16(19)13-7-3-4-8-14(13)17/h2-9,11H,10H2,1H3/t11-/m0/s1. The van der Waals surface area contributed by atoms with Crippen LogP contribution in [0.1, 0.15) is 22.8 Å². The van der Waals surface area contributed by atoms with E-state index in [1.807, 2.05) is 47.4 Å². The molecule has 0 aliphatic carbocycles. The van der Waals surface area contributed by atoms with E-state index in [9.17, 15) is 4.79 Å². The van der Waals surface area contributed by atoms with Crippen LogP contribution in [0, 0.1) is 3.57 Å². The molecule has 1 atom stereocenters. The molecule has 0 aromatic heterocycles. The van der Waals surface area contributed by atoms with E-state index in [0.29, 0.717) is 0 Å². The topological polar surface area (TPSA) is 20.3 Å². The summed E-state index contributed by atoms with van der Waals surface area (Å²) in [5, 5.41) is 0. The van der Waals surface area contributed by atoms with Crippen LogP contribution in [-0.4, -0.2) is 11.9 Å². The molecule has 2 aromatic rings. The van der Waals surface area contributed by atoms with Crippen LogP contribution in [0.5, 0.6) is 0 Å². The van der Waals surface area contributed by atoms with Gasteiger partial charge in [-0.2, -0.15) is 0 Å². The van der Waals surface area contributed by atoms with E-state index in [2.05, 4.69) is 35.6 Å². The quantitative estimate of drug-likeness (QED) is 0.705. The number of hydrogen-bond donors (Lipinski definition) is 0. The monoisotopic (exact) mass is 363 g/mol. The number of rotatable bonds is 1. The normalized spacial score (nSPS) is 17.4. The summed E-state index contributed by atoms with van der Waals surface area (Å²) in [7, 11) is 0. The zero-order valence-electron chi connectivity index (χ0n) is 10.6. The van der Waals surface area contributed by atoms with Gasteiger partial charge in [0.2, 0.25) is 0 Å². The van der Waals surface area contributed by atoms with E-state index in [1.165, 1.54) is 5.56 Å². The maximum absolute atomic E-state index is 12.8. The van der Waals surface area contributed by atoms with Crippen molar-refractivity contribution in [1.82, 2.24) is 0 Å². The molecule has 0 bridgehead atoms. The van der Waals surface area contributed by atoms with Crippen molar-refractivity contribution in [2.75, 3.05) is 4.90 Å². The van der Waals surface area contributed by atoms with Gasteiger partial charge in [0, 0.05) is 15.3 Å². The fourth-order valence-corrected chi connectivity index (χ4v) is 3.26. The number of carbonyl (C=O) groups is 1. The molecule has 1 aliphatic heterocycles. The number of fused-ring (bicyclic) bond motifs is 1. The van der Waals surface area contributed by atoms with Gasteiger partial charge in [-0.3, -0.25) is 4.79 Å². The molecule has 0 unspecified atom stereocenters. The smallest absolute Gasteiger partial charge is 0.259 e. The molecule has 96 valence electrons. The Kier molecular flexibility index (Phi) is 3.31. The van der Waals surface area contributed by atoms with Crippen molar-refractivity contribution in [2.24, 2.45) is 0 Å². The zero-order valence-corrected chi connectivity index (χ0v) is 12.8. The van der Waals surface area contributed by atoms with Gasteiger partial charge in [0.25, 0.3) is 5.91 Å². The minimum atomic E-state index is 0.0995. The lowest BCUT2D eigenvalue weighted by molar-refractivity contribution is 0.0980. The number of anilines is 1. The van der Waals surface area contributed by atoms with Crippen molar-refractivity contribution >= 4 is 34.2 Å². The van der Waals surface area contributed by atoms with Gasteiger partial charge >= 0.3 is 0 Å². The zero-order chi connectivity index (χ0) is 13.4. The van der Waals surface area contributed by atoms with Crippen molar-refractivity contribution in [3.63, 3.8) is 0 Å². The molecule has 0 spiro atoms. The van der Waals surface area contributed by atoms with Crippen molar-refractivity contribution in [2.45, 2.75) is 19.4 Å². The number of hydrogen-bond acceptors (Lipinski definition) is 1. The predicted molar refractivity (Wildman–Crippen MR) is 85.6 cm³/mol. The van der Waals surface area contributed by atoms with E-state index >= 15 is 0 Å². The van der Waals surface area contributed by atoms with Crippen LogP contribution in [0.15, 0.2) is 48.5 Å². The second-order valence-electron chi connectivity index (χ2n) is 4.84. The number of halogens is 1. The van der Waals surface area contributed by atoms with Gasteiger partial charge in [0.15, 0.2) is 0 Å². The number of amides is 1. The Hall–Kier alpha value is -1.36. The Morgan fingerprint density at radius 1 is 1.16 bits per heavy atom. The fourth-order valence-electron chi connectivity index (χ4n) is 2.64. The molecule has 0 fully saturated rings. The lowest BCUT2D eigenvalue weighted by Gasteiger charge is -2.23. The second-order valence-corrected chi connectivity index (χ2v) is 6.00. The number of nitrogens with zero attached hydrogens (tertiary/aromatic N) is 1. The summed E-state index contributed by atoms with van der Waals surface area (Å²) < 4.78 is 1.00. The first-order valence-corrected chi connectivity index (χ1v) is 7.42. The lowest BCUT2D eigenvalue weighted by Crippen LogP contribution is -2.36. The fraction of sp³-hybridized carbons (Fsp3) is 0.188. The molecule has 1 aliphatic rings. The number of benzene rings is 2. The summed E-state index contributed by atoms with van der Waals surface area (Å²) in [5.74, 6) is 0.0995. The molecule has 2 nitrogen and oxygen atoms in total. The maximum atomic E-state index is 12.8. The molecule has 1 heterocycles. The largest absolute Gasteiger partial charge is 0.305 e. The first kappa shape index (κ1) is 12.7. The molecule has 3 rings (SSSR count). The summed E-state index contributed by atoms with van der Waals surface area (Å²) in [6, 6.07) is 16.1. The molecule has 0 saturated heterocycles. The van der Waals surface area contributed by atoms with Gasteiger partial charge in [-0.05, 0) is 59.7 Å². The van der Waals surface area contributed by atoms with E-state index in [0.717, 1.165) is 21.2 Å². The van der Waals surface area contributed by atoms with E-state index < -0.39 is 0 Å². The van der Waals surface area contributed by atoms with Crippen molar-refractivity contribution < 1.29 is 4.79 Å². The van der Waals surface area contributed by atoms with Crippen LogP contribution in [0.2, 0.25) is 0 Å². The first-order chi connectivity index (χ1) is 9.18. The summed E-state index contributed by atoms with van der Waals surface area (Å²) in [5.41, 5.74) is 3.10. The van der Waals surface area contributed by atoms with Crippen LogP contribution in [-0.2, 0) is 6.42 Å². The number of para-hydroxylation sites is 1. The van der Waals surface area contributed by atoms with Gasteiger partial charge in [-0.25, -0.2) is 0 Å². The summed E-state index contributed by atoms with van der Waals surface area (Å²) in [6.07, 6.45) is 0.936. The highest BCUT2D eigenvalue weighted by Crippen LogP contribution is 2.33. The van der Waals surface area contributed by atoms with Crippen LogP contribution in [0.25, 0.3) is 0 Å². The number of carbonyl (C=O) groups excluding carboxylic acids is 1. The molecule has 19 heavy (non-hydrogen) atoms. The summed E-state index contributed by atoms with van der Waals surface area (Å²) in [6.45, 7) is 2.10. The average molecular weight is 363 g/mol. The van der Waals surface area contributed by atoms with Gasteiger partial charge in [-0.15, -0.1) is 0 Å². The van der Waals surface area contributed by atoms with Crippen LogP contribution in [0.3, 0.4) is 0 Å². The van der Waals surface area contributed by atoms with Crippen LogP contribution < -0.4 is 4.90 Å². The Labute approximate surface area is 126 Å². The van der Waals surface area contributed by atoms with Crippen molar-refractivity contribution in [3.05, 3.63) is 63.2 Å². The summed E-state index contributed by atoms with van der Waals surface area (Å²) >= 11 is 2.22. The molecule has 3 heteroatoms. The molecule has 0 radical (unpaired) electrons. The van der Waals surface area contributed by atoms with Gasteiger partial charge < -0.3 is 4.90 Å². The maximum Gasteiger partial charge on any atom is 0.259 e. The predicted octanol–water partition coefficient (Wildman–Crippen LogP) is 3.88. The average Bonchev–Trinajstić information content (AvgIpc) is 2.74. The Balaban J connectivity index is 2.03.